The zero-order chi connectivity index (χ0) is 14.9. The molecule has 0 unspecified atom stereocenters. The third kappa shape index (κ3) is 1.90. The van der Waals surface area contributed by atoms with Gasteiger partial charge in [0.15, 0.2) is 0 Å². The summed E-state index contributed by atoms with van der Waals surface area (Å²) in [6.45, 7) is 2.41. The number of nitrogens with one attached hydrogen (secondary N) is 1. The maximum absolute atomic E-state index is 12.6. The Hall–Kier alpha value is -1.26. The molecule has 0 aromatic rings. The van der Waals surface area contributed by atoms with Crippen molar-refractivity contribution in [2.75, 3.05) is 19.7 Å². The molecular formula is C17H24N2O3. The van der Waals surface area contributed by atoms with Gasteiger partial charge in [-0.3, -0.25) is 4.79 Å². The second-order valence-electron chi connectivity index (χ2n) is 8.62. The van der Waals surface area contributed by atoms with E-state index in [2.05, 4.69) is 10.2 Å². The summed E-state index contributed by atoms with van der Waals surface area (Å²) < 4.78 is 4.98. The first-order valence-electron chi connectivity index (χ1n) is 8.80. The van der Waals surface area contributed by atoms with E-state index in [4.69, 9.17) is 4.74 Å². The zero-order valence-electron chi connectivity index (χ0n) is 13.0. The van der Waals surface area contributed by atoms with Crippen LogP contribution in [0.2, 0.25) is 0 Å². The summed E-state index contributed by atoms with van der Waals surface area (Å²) in [4.78, 5) is 25.8. The van der Waals surface area contributed by atoms with E-state index in [-0.39, 0.29) is 17.6 Å². The minimum absolute atomic E-state index is 0.0972. The molecule has 2 heterocycles. The summed E-state index contributed by atoms with van der Waals surface area (Å²) in [6.07, 6.45) is 8.16. The van der Waals surface area contributed by atoms with Gasteiger partial charge in [0.25, 0.3) is 0 Å². The fourth-order valence-corrected chi connectivity index (χ4v) is 5.46. The Bertz CT molecular complexity index is 530. The van der Waals surface area contributed by atoms with Crippen molar-refractivity contribution in [3.63, 3.8) is 0 Å². The van der Waals surface area contributed by atoms with Gasteiger partial charge in [-0.25, -0.2) is 4.79 Å². The lowest BCUT2D eigenvalue weighted by molar-refractivity contribution is -0.153. The smallest absolute Gasteiger partial charge is 0.407 e. The fourth-order valence-electron chi connectivity index (χ4n) is 5.46. The Morgan fingerprint density at radius 1 is 1.14 bits per heavy atom. The molecule has 120 valence electrons. The van der Waals surface area contributed by atoms with Crippen molar-refractivity contribution in [1.29, 1.82) is 0 Å². The van der Waals surface area contributed by atoms with Gasteiger partial charge in [0, 0.05) is 24.4 Å². The molecule has 3 saturated carbocycles. The second kappa shape index (κ2) is 4.18. The highest BCUT2D eigenvalue weighted by Gasteiger charge is 2.57. The van der Waals surface area contributed by atoms with E-state index in [9.17, 15) is 9.59 Å². The standard InChI is InChI=1S/C17H24N2O3/c20-14(13-6-17(7-13)10-22-15(21)18-17)19-8-16(9-19)4-3-12(5-16)11-1-2-11/h11-13H,1-10H2,(H,18,21)/t12-,13?,17?/m1/s1. The number of carbonyl (C=O) groups is 2. The van der Waals surface area contributed by atoms with E-state index in [1.54, 1.807) is 0 Å². The molecule has 5 aliphatic rings. The molecule has 5 rings (SSSR count). The number of rotatable bonds is 2. The molecule has 1 N–H and O–H groups in total. The quantitative estimate of drug-likeness (QED) is 0.848. The van der Waals surface area contributed by atoms with Crippen molar-refractivity contribution in [3.05, 3.63) is 0 Å². The zero-order valence-corrected chi connectivity index (χ0v) is 13.0. The van der Waals surface area contributed by atoms with Crippen LogP contribution >= 0.6 is 0 Å². The number of carbonyl (C=O) groups excluding carboxylic acids is 2. The molecule has 0 bridgehead atoms. The molecule has 3 aliphatic carbocycles. The van der Waals surface area contributed by atoms with Crippen LogP contribution in [0.4, 0.5) is 4.79 Å². The van der Waals surface area contributed by atoms with Gasteiger partial charge in [-0.2, -0.15) is 0 Å². The van der Waals surface area contributed by atoms with Gasteiger partial charge in [-0.05, 0) is 56.8 Å². The van der Waals surface area contributed by atoms with Crippen molar-refractivity contribution in [3.8, 4) is 0 Å². The number of cyclic esters (lactones) is 1. The molecule has 0 aromatic carbocycles. The first-order valence-corrected chi connectivity index (χ1v) is 8.80. The van der Waals surface area contributed by atoms with Crippen LogP contribution < -0.4 is 5.32 Å². The molecular weight excluding hydrogens is 280 g/mol. The highest BCUT2D eigenvalue weighted by atomic mass is 16.6. The number of hydrogen-bond acceptors (Lipinski definition) is 3. The lowest BCUT2D eigenvalue weighted by atomic mass is 9.67. The Labute approximate surface area is 130 Å². The van der Waals surface area contributed by atoms with Gasteiger partial charge in [0.2, 0.25) is 5.91 Å². The van der Waals surface area contributed by atoms with Crippen LogP contribution in [0.5, 0.6) is 0 Å². The normalized spacial score (nSPS) is 42.0. The number of hydrogen-bond donors (Lipinski definition) is 1. The molecule has 2 aliphatic heterocycles. The summed E-state index contributed by atoms with van der Waals surface area (Å²) in [7, 11) is 0. The molecule has 2 spiro atoms. The summed E-state index contributed by atoms with van der Waals surface area (Å²) >= 11 is 0. The maximum Gasteiger partial charge on any atom is 0.407 e. The number of nitrogens with zero attached hydrogens (tertiary/aromatic N) is 1. The largest absolute Gasteiger partial charge is 0.447 e. The van der Waals surface area contributed by atoms with Gasteiger partial charge in [-0.1, -0.05) is 0 Å². The molecule has 0 radical (unpaired) electrons. The molecule has 5 nitrogen and oxygen atoms in total. The molecule has 5 fully saturated rings. The summed E-state index contributed by atoms with van der Waals surface area (Å²) in [6, 6.07) is 0. The first kappa shape index (κ1) is 13.2. The highest BCUT2D eigenvalue weighted by Crippen LogP contribution is 2.55. The van der Waals surface area contributed by atoms with E-state index in [1.165, 1.54) is 32.1 Å². The lowest BCUT2D eigenvalue weighted by Crippen LogP contribution is -2.63. The van der Waals surface area contributed by atoms with E-state index >= 15 is 0 Å². The number of amides is 2. The fraction of sp³-hybridized carbons (Fsp3) is 0.882. The molecule has 5 heteroatoms. The SMILES string of the molecule is O=C1NC2(CO1)CC(C(=O)N1CC3(CC[C@@H](C4CC4)C3)C1)C2. The average molecular weight is 304 g/mol. The van der Waals surface area contributed by atoms with Gasteiger partial charge in [0.1, 0.15) is 6.61 Å². The number of likely N-dealkylation sites (tertiary alicyclic amines) is 1. The third-order valence-electron chi connectivity index (χ3n) is 6.86. The van der Waals surface area contributed by atoms with Gasteiger partial charge in [-0.15, -0.1) is 0 Å². The molecule has 22 heavy (non-hydrogen) atoms. The third-order valence-corrected chi connectivity index (χ3v) is 6.86. The van der Waals surface area contributed by atoms with Crippen LogP contribution in [-0.4, -0.2) is 42.1 Å². The van der Waals surface area contributed by atoms with E-state index in [0.29, 0.717) is 17.9 Å². The van der Waals surface area contributed by atoms with Crippen LogP contribution in [0.1, 0.15) is 44.9 Å². The summed E-state index contributed by atoms with van der Waals surface area (Å²) in [5.74, 6) is 2.38. The van der Waals surface area contributed by atoms with Gasteiger partial charge in [0.05, 0.1) is 5.54 Å². The van der Waals surface area contributed by atoms with Crippen molar-refractivity contribution >= 4 is 12.0 Å². The molecule has 2 amide bonds. The monoisotopic (exact) mass is 304 g/mol. The van der Waals surface area contributed by atoms with Crippen molar-refractivity contribution < 1.29 is 14.3 Å². The highest BCUT2D eigenvalue weighted by molar-refractivity contribution is 5.82. The van der Waals surface area contributed by atoms with Crippen LogP contribution in [0.3, 0.4) is 0 Å². The molecule has 1 atom stereocenters. The minimum atomic E-state index is -0.328. The Morgan fingerprint density at radius 2 is 1.91 bits per heavy atom. The average Bonchev–Trinajstić information content (AvgIpc) is 3.04. The van der Waals surface area contributed by atoms with Crippen molar-refractivity contribution in [1.82, 2.24) is 10.2 Å². The van der Waals surface area contributed by atoms with Crippen LogP contribution in [-0.2, 0) is 9.53 Å². The number of alkyl carbamates (subject to hydrolysis) is 1. The minimum Gasteiger partial charge on any atom is -0.447 e. The second-order valence-corrected chi connectivity index (χ2v) is 8.62. The van der Waals surface area contributed by atoms with Crippen LogP contribution in [0, 0.1) is 23.2 Å². The molecule has 2 saturated heterocycles. The summed E-state index contributed by atoms with van der Waals surface area (Å²) in [5, 5.41) is 2.87. The first-order chi connectivity index (χ1) is 10.6. The van der Waals surface area contributed by atoms with E-state index in [1.807, 2.05) is 0 Å². The topological polar surface area (TPSA) is 58.6 Å². The maximum atomic E-state index is 12.6. The summed E-state index contributed by atoms with van der Waals surface area (Å²) in [5.41, 5.74) is 0.236. The molecule has 0 aromatic heterocycles. The van der Waals surface area contributed by atoms with Crippen LogP contribution in [0.15, 0.2) is 0 Å². The lowest BCUT2D eigenvalue weighted by Gasteiger charge is -2.52. The van der Waals surface area contributed by atoms with Crippen molar-refractivity contribution in [2.24, 2.45) is 23.2 Å². The van der Waals surface area contributed by atoms with E-state index in [0.717, 1.165) is 37.8 Å². The predicted molar refractivity (Wildman–Crippen MR) is 79.0 cm³/mol. The predicted octanol–water partition coefficient (Wildman–Crippen LogP) is 1.91. The number of ether oxygens (including phenoxy) is 1. The Kier molecular flexibility index (Phi) is 2.51. The van der Waals surface area contributed by atoms with Gasteiger partial charge < -0.3 is 15.0 Å². The van der Waals surface area contributed by atoms with Crippen LogP contribution in [0.25, 0.3) is 0 Å². The van der Waals surface area contributed by atoms with Crippen molar-refractivity contribution in [2.45, 2.75) is 50.5 Å². The Morgan fingerprint density at radius 3 is 2.55 bits per heavy atom. The van der Waals surface area contributed by atoms with E-state index < -0.39 is 0 Å². The van der Waals surface area contributed by atoms with Gasteiger partial charge >= 0.3 is 6.09 Å². The Balaban J connectivity index is 1.14.